The van der Waals surface area contributed by atoms with E-state index in [1.165, 1.54) is 15.7 Å². The lowest BCUT2D eigenvalue weighted by Gasteiger charge is -2.05. The Labute approximate surface area is 158 Å². The van der Waals surface area contributed by atoms with E-state index in [0.29, 0.717) is 32.5 Å². The molecule has 0 aliphatic heterocycles. The van der Waals surface area contributed by atoms with Crippen molar-refractivity contribution in [3.63, 3.8) is 0 Å². The number of fused-ring (bicyclic) bond motifs is 1. The Morgan fingerprint density at radius 2 is 1.92 bits per heavy atom. The zero-order valence-electron chi connectivity index (χ0n) is 13.8. The van der Waals surface area contributed by atoms with Crippen LogP contribution in [0.5, 0.6) is 5.75 Å². The third-order valence-corrected chi connectivity index (χ3v) is 5.16. The van der Waals surface area contributed by atoms with Gasteiger partial charge >= 0.3 is 0 Å². The Bertz CT molecular complexity index is 1200. The summed E-state index contributed by atoms with van der Waals surface area (Å²) in [4.78, 5) is 13.5. The number of para-hydroxylation sites is 1. The lowest BCUT2D eigenvalue weighted by molar-refractivity contribution is 0.339. The summed E-state index contributed by atoms with van der Waals surface area (Å²) in [7, 11) is 0. The third-order valence-electron chi connectivity index (χ3n) is 3.87. The number of benzene rings is 2. The fourth-order valence-electron chi connectivity index (χ4n) is 2.71. The second-order valence-electron chi connectivity index (χ2n) is 5.51. The minimum absolute atomic E-state index is 0.170. The van der Waals surface area contributed by atoms with E-state index in [-0.39, 0.29) is 5.56 Å². The standard InChI is InChI=1S/C19H14ClN3O2S/c1-2-25-15-10-6-3-7-12(15)11-16-18(24)23-17(21-22-19(23)26-16)13-8-4-5-9-14(13)20/h3-11H,2H2,1H3/b16-11-. The van der Waals surface area contributed by atoms with Crippen molar-refractivity contribution in [3.8, 4) is 17.1 Å². The first kappa shape index (κ1) is 16.8. The first-order valence-corrected chi connectivity index (χ1v) is 9.25. The molecule has 0 fully saturated rings. The van der Waals surface area contributed by atoms with Crippen molar-refractivity contribution in [2.45, 2.75) is 6.92 Å². The van der Waals surface area contributed by atoms with Crippen molar-refractivity contribution in [2.75, 3.05) is 6.61 Å². The molecule has 130 valence electrons. The highest BCUT2D eigenvalue weighted by atomic mass is 35.5. The zero-order chi connectivity index (χ0) is 18.1. The van der Waals surface area contributed by atoms with Gasteiger partial charge in [-0.05, 0) is 31.2 Å². The van der Waals surface area contributed by atoms with Crippen LogP contribution in [0.3, 0.4) is 0 Å². The summed E-state index contributed by atoms with van der Waals surface area (Å²) in [5.74, 6) is 1.19. The molecule has 0 radical (unpaired) electrons. The van der Waals surface area contributed by atoms with E-state index in [0.717, 1.165) is 11.3 Å². The van der Waals surface area contributed by atoms with Crippen LogP contribution in [0.15, 0.2) is 53.3 Å². The van der Waals surface area contributed by atoms with Crippen LogP contribution in [0.25, 0.3) is 22.4 Å². The van der Waals surface area contributed by atoms with Crippen molar-refractivity contribution in [2.24, 2.45) is 0 Å². The van der Waals surface area contributed by atoms with Gasteiger partial charge in [-0.3, -0.25) is 4.79 Å². The van der Waals surface area contributed by atoms with Gasteiger partial charge in [0.1, 0.15) is 5.75 Å². The van der Waals surface area contributed by atoms with Crippen molar-refractivity contribution in [1.29, 1.82) is 0 Å². The second kappa shape index (κ2) is 6.90. The fourth-order valence-corrected chi connectivity index (χ4v) is 3.83. The molecule has 0 saturated heterocycles. The molecule has 0 aliphatic rings. The fraction of sp³-hybridized carbons (Fsp3) is 0.105. The number of rotatable bonds is 4. The summed E-state index contributed by atoms with van der Waals surface area (Å²) < 4.78 is 7.70. The van der Waals surface area contributed by atoms with Crippen molar-refractivity contribution >= 4 is 34.0 Å². The van der Waals surface area contributed by atoms with Gasteiger partial charge in [-0.1, -0.05) is 53.3 Å². The molecule has 4 aromatic rings. The molecule has 0 N–H and O–H groups in total. The topological polar surface area (TPSA) is 56.5 Å². The Morgan fingerprint density at radius 3 is 2.73 bits per heavy atom. The first-order chi connectivity index (χ1) is 12.7. The monoisotopic (exact) mass is 383 g/mol. The number of thiazole rings is 1. The molecule has 2 aromatic heterocycles. The van der Waals surface area contributed by atoms with E-state index in [1.54, 1.807) is 6.07 Å². The highest BCUT2D eigenvalue weighted by Crippen LogP contribution is 2.26. The van der Waals surface area contributed by atoms with Crippen LogP contribution < -0.4 is 14.8 Å². The Balaban J connectivity index is 1.91. The Hall–Kier alpha value is -2.70. The third kappa shape index (κ3) is 2.87. The molecule has 2 aromatic carbocycles. The smallest absolute Gasteiger partial charge is 0.276 e. The van der Waals surface area contributed by atoms with E-state index < -0.39 is 0 Å². The SMILES string of the molecule is CCOc1ccccc1/C=c1\sc2nnc(-c3ccccc3Cl)n2c1=O. The quantitative estimate of drug-likeness (QED) is 0.542. The predicted molar refractivity (Wildman–Crippen MR) is 104 cm³/mol. The van der Waals surface area contributed by atoms with Crippen LogP contribution in [0.4, 0.5) is 0 Å². The van der Waals surface area contributed by atoms with Gasteiger partial charge in [0.25, 0.3) is 5.56 Å². The van der Waals surface area contributed by atoms with Crippen LogP contribution in [-0.2, 0) is 0 Å². The van der Waals surface area contributed by atoms with Gasteiger partial charge in [0, 0.05) is 11.1 Å². The number of hydrogen-bond donors (Lipinski definition) is 0. The summed E-state index contributed by atoms with van der Waals surface area (Å²) in [6.07, 6.45) is 1.82. The number of nitrogens with zero attached hydrogens (tertiary/aromatic N) is 3. The Morgan fingerprint density at radius 1 is 1.15 bits per heavy atom. The summed E-state index contributed by atoms with van der Waals surface area (Å²) in [6.45, 7) is 2.49. The number of hydrogen-bond acceptors (Lipinski definition) is 5. The highest BCUT2D eigenvalue weighted by Gasteiger charge is 2.16. The molecule has 0 aliphatic carbocycles. The van der Waals surface area contributed by atoms with Crippen LogP contribution in [-0.4, -0.2) is 21.2 Å². The van der Waals surface area contributed by atoms with Crippen molar-refractivity contribution < 1.29 is 4.74 Å². The van der Waals surface area contributed by atoms with Crippen LogP contribution in [0, 0.1) is 0 Å². The normalized spacial score (nSPS) is 12.0. The van der Waals surface area contributed by atoms with E-state index in [2.05, 4.69) is 10.2 Å². The molecular weight excluding hydrogens is 370 g/mol. The molecule has 26 heavy (non-hydrogen) atoms. The van der Waals surface area contributed by atoms with E-state index in [4.69, 9.17) is 16.3 Å². The summed E-state index contributed by atoms with van der Waals surface area (Å²) in [5, 5.41) is 8.81. The molecule has 0 unspecified atom stereocenters. The van der Waals surface area contributed by atoms with Crippen LogP contribution in [0.2, 0.25) is 5.02 Å². The van der Waals surface area contributed by atoms with Gasteiger partial charge in [0.2, 0.25) is 4.96 Å². The van der Waals surface area contributed by atoms with Gasteiger partial charge in [0.15, 0.2) is 5.82 Å². The predicted octanol–water partition coefficient (Wildman–Crippen LogP) is 3.42. The van der Waals surface area contributed by atoms with Gasteiger partial charge in [-0.25, -0.2) is 4.40 Å². The lowest BCUT2D eigenvalue weighted by atomic mass is 10.2. The summed E-state index contributed by atoms with van der Waals surface area (Å²) in [5.41, 5.74) is 1.36. The maximum Gasteiger partial charge on any atom is 0.276 e. The zero-order valence-corrected chi connectivity index (χ0v) is 15.4. The molecule has 7 heteroatoms. The summed E-state index contributed by atoms with van der Waals surface area (Å²) >= 11 is 7.55. The Kier molecular flexibility index (Phi) is 4.44. The van der Waals surface area contributed by atoms with E-state index in [1.807, 2.05) is 55.5 Å². The maximum absolute atomic E-state index is 12.9. The maximum atomic E-state index is 12.9. The van der Waals surface area contributed by atoms with Gasteiger partial charge in [-0.2, -0.15) is 0 Å². The number of halogens is 1. The molecule has 5 nitrogen and oxygen atoms in total. The van der Waals surface area contributed by atoms with Gasteiger partial charge < -0.3 is 4.74 Å². The minimum atomic E-state index is -0.170. The van der Waals surface area contributed by atoms with Crippen LogP contribution in [0.1, 0.15) is 12.5 Å². The number of ether oxygens (including phenoxy) is 1. The van der Waals surface area contributed by atoms with Crippen molar-refractivity contribution in [3.05, 3.63) is 74.0 Å². The van der Waals surface area contributed by atoms with Gasteiger partial charge in [-0.15, -0.1) is 10.2 Å². The molecule has 4 rings (SSSR count). The van der Waals surface area contributed by atoms with Gasteiger partial charge in [0.05, 0.1) is 16.2 Å². The molecule has 0 spiro atoms. The van der Waals surface area contributed by atoms with Crippen LogP contribution >= 0.6 is 22.9 Å². The average molecular weight is 384 g/mol. The lowest BCUT2D eigenvalue weighted by Crippen LogP contribution is -2.23. The molecular formula is C19H14ClN3O2S. The molecule has 0 atom stereocenters. The largest absolute Gasteiger partial charge is 0.493 e. The first-order valence-electron chi connectivity index (χ1n) is 8.05. The second-order valence-corrected chi connectivity index (χ2v) is 6.92. The molecule has 0 saturated carbocycles. The minimum Gasteiger partial charge on any atom is -0.493 e. The average Bonchev–Trinajstić information content (AvgIpc) is 3.18. The van der Waals surface area contributed by atoms with Crippen molar-refractivity contribution in [1.82, 2.24) is 14.6 Å². The summed E-state index contributed by atoms with van der Waals surface area (Å²) in [6, 6.07) is 14.9. The molecule has 0 bridgehead atoms. The highest BCUT2D eigenvalue weighted by molar-refractivity contribution is 7.15. The molecule has 2 heterocycles. The molecule has 0 amide bonds. The van der Waals surface area contributed by atoms with E-state index >= 15 is 0 Å². The van der Waals surface area contributed by atoms with E-state index in [9.17, 15) is 4.79 Å². The number of aromatic nitrogens is 3.